The zero-order valence-corrected chi connectivity index (χ0v) is 15.4. The summed E-state index contributed by atoms with van der Waals surface area (Å²) in [4.78, 5) is 30.8. The number of rotatable bonds is 5. The summed E-state index contributed by atoms with van der Waals surface area (Å²) in [6, 6.07) is 16.0. The van der Waals surface area contributed by atoms with E-state index in [2.05, 4.69) is 15.6 Å². The normalized spacial score (nSPS) is 10.2. The van der Waals surface area contributed by atoms with E-state index in [1.165, 1.54) is 36.5 Å². The summed E-state index contributed by atoms with van der Waals surface area (Å²) in [6.07, 6.45) is 1.36. The van der Waals surface area contributed by atoms with Gasteiger partial charge in [0.15, 0.2) is 0 Å². The fourth-order valence-electron chi connectivity index (χ4n) is 2.49. The van der Waals surface area contributed by atoms with E-state index < -0.39 is 17.6 Å². The van der Waals surface area contributed by atoms with Crippen molar-refractivity contribution in [3.63, 3.8) is 0 Å². The van der Waals surface area contributed by atoms with Crippen LogP contribution in [0.1, 0.15) is 20.8 Å². The van der Waals surface area contributed by atoms with Crippen molar-refractivity contribution in [2.24, 2.45) is 0 Å². The lowest BCUT2D eigenvalue weighted by Gasteiger charge is -2.13. The highest BCUT2D eigenvalue weighted by Gasteiger charge is 2.13. The Morgan fingerprint density at radius 2 is 1.64 bits per heavy atom. The maximum atomic E-state index is 13.7. The van der Waals surface area contributed by atoms with Crippen LogP contribution < -0.4 is 15.5 Å². The first-order valence-electron chi connectivity index (χ1n) is 8.55. The van der Waals surface area contributed by atoms with Crippen molar-refractivity contribution in [2.45, 2.75) is 0 Å². The average Bonchev–Trinajstić information content (AvgIpc) is 2.70. The highest BCUT2D eigenvalue weighted by molar-refractivity contribution is 6.07. The summed E-state index contributed by atoms with van der Waals surface area (Å²) < 4.78 is 13.7. The Balaban J connectivity index is 1.72. The lowest BCUT2D eigenvalue weighted by Crippen LogP contribution is -2.17. The van der Waals surface area contributed by atoms with E-state index in [1.54, 1.807) is 18.2 Å². The van der Waals surface area contributed by atoms with Crippen LogP contribution in [0, 0.1) is 5.82 Å². The summed E-state index contributed by atoms with van der Waals surface area (Å²) in [6.45, 7) is 0. The van der Waals surface area contributed by atoms with Gasteiger partial charge >= 0.3 is 0 Å². The molecule has 3 rings (SSSR count). The van der Waals surface area contributed by atoms with Gasteiger partial charge in [0.25, 0.3) is 11.8 Å². The van der Waals surface area contributed by atoms with Gasteiger partial charge in [0.1, 0.15) is 11.5 Å². The molecule has 2 N–H and O–H groups in total. The number of hydrogen-bond donors (Lipinski definition) is 2. The summed E-state index contributed by atoms with van der Waals surface area (Å²) >= 11 is 0. The number of carbonyl (C=O) groups excluding carboxylic acids is 2. The predicted molar refractivity (Wildman–Crippen MR) is 107 cm³/mol. The van der Waals surface area contributed by atoms with Crippen molar-refractivity contribution < 1.29 is 14.0 Å². The number of nitrogens with one attached hydrogen (secondary N) is 2. The molecule has 0 aliphatic carbocycles. The summed E-state index contributed by atoms with van der Waals surface area (Å²) in [7, 11) is 3.85. The minimum atomic E-state index is -0.538. The molecule has 0 radical (unpaired) electrons. The maximum absolute atomic E-state index is 13.7. The number of nitrogens with zero attached hydrogens (tertiary/aromatic N) is 2. The molecule has 1 aromatic heterocycles. The second-order valence-corrected chi connectivity index (χ2v) is 6.26. The highest BCUT2D eigenvalue weighted by Crippen LogP contribution is 2.17. The van der Waals surface area contributed by atoms with Crippen molar-refractivity contribution in [3.8, 4) is 0 Å². The van der Waals surface area contributed by atoms with Crippen molar-refractivity contribution in [1.29, 1.82) is 0 Å². The molecule has 1 heterocycles. The molecule has 0 aliphatic heterocycles. The Labute approximate surface area is 162 Å². The predicted octanol–water partition coefficient (Wildman–Crippen LogP) is 3.79. The van der Waals surface area contributed by atoms with Gasteiger partial charge < -0.3 is 15.5 Å². The number of anilines is 3. The maximum Gasteiger partial charge on any atom is 0.274 e. The molecule has 0 unspecified atom stereocenters. The minimum absolute atomic E-state index is 0.0660. The first-order valence-corrected chi connectivity index (χ1v) is 8.55. The molecule has 6 nitrogen and oxygen atoms in total. The Bertz CT molecular complexity index is 1000. The smallest absolute Gasteiger partial charge is 0.274 e. The molecule has 142 valence electrons. The van der Waals surface area contributed by atoms with Gasteiger partial charge in [-0.15, -0.1) is 0 Å². The van der Waals surface area contributed by atoms with Crippen molar-refractivity contribution in [2.75, 3.05) is 29.6 Å². The van der Waals surface area contributed by atoms with E-state index in [0.29, 0.717) is 5.69 Å². The fourth-order valence-corrected chi connectivity index (χ4v) is 2.49. The third-order valence-corrected chi connectivity index (χ3v) is 4.02. The zero-order chi connectivity index (χ0) is 20.1. The second kappa shape index (κ2) is 8.30. The number of hydrogen-bond acceptors (Lipinski definition) is 4. The number of benzene rings is 2. The molecule has 28 heavy (non-hydrogen) atoms. The van der Waals surface area contributed by atoms with Crippen molar-refractivity contribution in [1.82, 2.24) is 4.98 Å². The van der Waals surface area contributed by atoms with Crippen LogP contribution in [-0.4, -0.2) is 30.9 Å². The topological polar surface area (TPSA) is 74.3 Å². The van der Waals surface area contributed by atoms with E-state index in [0.717, 1.165) is 5.69 Å². The van der Waals surface area contributed by atoms with Crippen LogP contribution >= 0.6 is 0 Å². The van der Waals surface area contributed by atoms with Gasteiger partial charge in [0.2, 0.25) is 0 Å². The van der Waals surface area contributed by atoms with Crippen LogP contribution in [0.15, 0.2) is 66.9 Å². The second-order valence-electron chi connectivity index (χ2n) is 6.26. The number of para-hydroxylation sites is 1. The average molecular weight is 378 g/mol. The molecule has 3 aromatic rings. The molecular weight excluding hydrogens is 359 g/mol. The molecule has 0 fully saturated rings. The molecule has 7 heteroatoms. The van der Waals surface area contributed by atoms with Gasteiger partial charge in [-0.05, 0) is 48.5 Å². The van der Waals surface area contributed by atoms with E-state index in [1.807, 2.05) is 31.1 Å². The third-order valence-electron chi connectivity index (χ3n) is 4.02. The van der Waals surface area contributed by atoms with Crippen LogP contribution in [0.4, 0.5) is 21.5 Å². The van der Waals surface area contributed by atoms with Gasteiger partial charge in [0.05, 0.1) is 5.69 Å². The van der Waals surface area contributed by atoms with Crippen LogP contribution in [-0.2, 0) is 0 Å². The summed E-state index contributed by atoms with van der Waals surface area (Å²) in [5.41, 5.74) is 1.96. The van der Waals surface area contributed by atoms with Crippen LogP contribution in [0.25, 0.3) is 0 Å². The van der Waals surface area contributed by atoms with E-state index in [9.17, 15) is 14.0 Å². The van der Waals surface area contributed by atoms with Crippen LogP contribution in [0.3, 0.4) is 0 Å². The van der Waals surface area contributed by atoms with Crippen LogP contribution in [0.2, 0.25) is 0 Å². The van der Waals surface area contributed by atoms with E-state index in [-0.39, 0.29) is 16.9 Å². The highest BCUT2D eigenvalue weighted by atomic mass is 19.1. The number of halogens is 1. The van der Waals surface area contributed by atoms with Gasteiger partial charge in [-0.1, -0.05) is 12.1 Å². The zero-order valence-electron chi connectivity index (χ0n) is 15.4. The van der Waals surface area contributed by atoms with Crippen molar-refractivity contribution >= 4 is 28.9 Å². The molecule has 0 spiro atoms. The number of amides is 2. The lowest BCUT2D eigenvalue weighted by molar-refractivity contribution is 0.102. The van der Waals surface area contributed by atoms with Crippen molar-refractivity contribution in [3.05, 3.63) is 83.9 Å². The van der Waals surface area contributed by atoms with Crippen LogP contribution in [0.5, 0.6) is 0 Å². The van der Waals surface area contributed by atoms with Gasteiger partial charge in [-0.3, -0.25) is 14.6 Å². The Morgan fingerprint density at radius 3 is 2.32 bits per heavy atom. The first-order chi connectivity index (χ1) is 13.4. The Morgan fingerprint density at radius 1 is 0.929 bits per heavy atom. The van der Waals surface area contributed by atoms with E-state index in [4.69, 9.17) is 0 Å². The first kappa shape index (κ1) is 19.0. The molecule has 0 saturated carbocycles. The summed E-state index contributed by atoms with van der Waals surface area (Å²) in [5.74, 6) is -1.51. The molecule has 2 aromatic carbocycles. The number of carbonyl (C=O) groups is 2. The monoisotopic (exact) mass is 378 g/mol. The molecule has 0 atom stereocenters. The van der Waals surface area contributed by atoms with E-state index >= 15 is 0 Å². The largest absolute Gasteiger partial charge is 0.378 e. The van der Waals surface area contributed by atoms with Gasteiger partial charge in [-0.2, -0.15) is 0 Å². The van der Waals surface area contributed by atoms with Gasteiger partial charge in [0, 0.05) is 37.2 Å². The standard InChI is InChI=1S/C21H19FN4O2/c1-26(2)16-9-7-15(8-10-16)24-21(28)19-13-14(11-12-23-19)20(27)25-18-6-4-3-5-17(18)22/h3-13H,1-2H3,(H,24,28)(H,25,27). The summed E-state index contributed by atoms with van der Waals surface area (Å²) in [5, 5.41) is 5.22. The molecule has 0 bridgehead atoms. The molecule has 0 aliphatic rings. The quantitative estimate of drug-likeness (QED) is 0.708. The molecule has 0 saturated heterocycles. The number of pyridine rings is 1. The Kier molecular flexibility index (Phi) is 5.64. The minimum Gasteiger partial charge on any atom is -0.378 e. The molecule has 2 amide bonds. The Hall–Kier alpha value is -3.74. The lowest BCUT2D eigenvalue weighted by atomic mass is 10.2. The number of aromatic nitrogens is 1. The fraction of sp³-hybridized carbons (Fsp3) is 0.0952. The third kappa shape index (κ3) is 4.50. The SMILES string of the molecule is CN(C)c1ccc(NC(=O)c2cc(C(=O)Nc3ccccc3F)ccn2)cc1. The molecular formula is C21H19FN4O2. The van der Waals surface area contributed by atoms with Gasteiger partial charge in [-0.25, -0.2) is 4.39 Å².